The molecule has 0 spiro atoms. The van der Waals surface area contributed by atoms with Crippen LogP contribution >= 0.6 is 0 Å². The summed E-state index contributed by atoms with van der Waals surface area (Å²) in [7, 11) is -1.47. The number of alkyl halides is 3. The molecule has 4 rings (SSSR count). The molecule has 0 aliphatic carbocycles. The Morgan fingerprint density at radius 1 is 1.11 bits per heavy atom. The lowest BCUT2D eigenvalue weighted by molar-refractivity contribution is -0.138. The van der Waals surface area contributed by atoms with Crippen LogP contribution in [-0.4, -0.2) is 41.1 Å². The minimum atomic E-state index is -4.64. The van der Waals surface area contributed by atoms with E-state index in [0.717, 1.165) is 6.07 Å². The summed E-state index contributed by atoms with van der Waals surface area (Å²) in [4.78, 5) is 29.3. The Morgan fingerprint density at radius 2 is 1.89 bits per heavy atom. The van der Waals surface area contributed by atoms with E-state index in [-0.39, 0.29) is 22.7 Å². The first-order valence-corrected chi connectivity index (χ1v) is 10.6. The molecule has 0 unspecified atom stereocenters. The zero-order valence-corrected chi connectivity index (χ0v) is 19.0. The number of benzene rings is 2. The lowest BCUT2D eigenvalue weighted by atomic mass is 10.00. The number of amides is 2. The van der Waals surface area contributed by atoms with Gasteiger partial charge in [0.1, 0.15) is 5.56 Å². The Bertz CT molecular complexity index is 1550. The van der Waals surface area contributed by atoms with E-state index in [1.165, 1.54) is 44.4 Å². The van der Waals surface area contributed by atoms with Crippen molar-refractivity contribution in [1.29, 1.82) is 0 Å². The van der Waals surface area contributed by atoms with Crippen molar-refractivity contribution in [1.82, 2.24) is 25.8 Å². The maximum atomic E-state index is 13.5. The zero-order valence-electron chi connectivity index (χ0n) is 22.0. The number of halogens is 3. The molecule has 2 amide bonds. The molecule has 0 fully saturated rings. The summed E-state index contributed by atoms with van der Waals surface area (Å²) in [6.45, 7) is 1.38. The summed E-state index contributed by atoms with van der Waals surface area (Å²) >= 11 is 0. The van der Waals surface area contributed by atoms with Crippen molar-refractivity contribution >= 4 is 22.7 Å². The van der Waals surface area contributed by atoms with Gasteiger partial charge in [0.05, 0.1) is 28.3 Å². The van der Waals surface area contributed by atoms with Gasteiger partial charge in [-0.3, -0.25) is 14.7 Å². The molecular weight excluding hydrogens is 475 g/mol. The predicted molar refractivity (Wildman–Crippen MR) is 127 cm³/mol. The molecule has 4 aromatic rings. The summed E-state index contributed by atoms with van der Waals surface area (Å²) in [6.07, 6.45) is -3.35. The number of fused-ring (bicyclic) bond motifs is 1. The van der Waals surface area contributed by atoms with Gasteiger partial charge in [0.25, 0.3) is 11.8 Å². The molecule has 0 aliphatic rings. The van der Waals surface area contributed by atoms with E-state index in [1.54, 1.807) is 18.2 Å². The number of aromatic nitrogens is 3. The molecule has 0 bridgehead atoms. The Kier molecular flexibility index (Phi) is 5.63. The van der Waals surface area contributed by atoms with Crippen LogP contribution in [-0.2, 0) is 6.18 Å². The Balaban J connectivity index is 1.72. The van der Waals surface area contributed by atoms with Crippen LogP contribution in [0.1, 0.15) is 49.1 Å². The van der Waals surface area contributed by atoms with Crippen LogP contribution in [0.4, 0.5) is 13.2 Å². The molecule has 0 aliphatic heterocycles. The molecule has 8 nitrogen and oxygen atoms in total. The number of nitrogens with one attached hydrogen (secondary N) is 3. The Hall–Kier alpha value is -4.41. The molecule has 2 aromatic carbocycles. The molecule has 186 valence electrons. The largest absolute Gasteiger partial charge is 0.480 e. The summed E-state index contributed by atoms with van der Waals surface area (Å²) in [5, 5.41) is 12.3. The van der Waals surface area contributed by atoms with E-state index < -0.39 is 36.6 Å². The normalized spacial score (nSPS) is 13.9. The summed E-state index contributed by atoms with van der Waals surface area (Å²) < 4.78 is 67.7. The van der Waals surface area contributed by atoms with Crippen molar-refractivity contribution in [3.8, 4) is 17.0 Å². The van der Waals surface area contributed by atoms with Crippen LogP contribution in [0.5, 0.6) is 5.88 Å². The first-order chi connectivity index (χ1) is 18.3. The van der Waals surface area contributed by atoms with Crippen molar-refractivity contribution in [2.24, 2.45) is 0 Å². The highest BCUT2D eigenvalue weighted by molar-refractivity contribution is 6.05. The number of carbonyl (C=O) groups excluding carboxylic acids is 2. The van der Waals surface area contributed by atoms with Gasteiger partial charge in [0.15, 0.2) is 5.69 Å². The second-order valence-electron chi connectivity index (χ2n) is 7.87. The van der Waals surface area contributed by atoms with Crippen molar-refractivity contribution in [3.05, 3.63) is 77.1 Å². The van der Waals surface area contributed by atoms with E-state index in [1.807, 2.05) is 0 Å². The number of carbonyl (C=O) groups is 2. The average molecular weight is 500 g/mol. The highest BCUT2D eigenvalue weighted by Crippen LogP contribution is 2.35. The van der Waals surface area contributed by atoms with E-state index >= 15 is 0 Å². The van der Waals surface area contributed by atoms with Gasteiger partial charge in [-0.05, 0) is 42.3 Å². The highest BCUT2D eigenvalue weighted by Gasteiger charge is 2.34. The van der Waals surface area contributed by atoms with Gasteiger partial charge in [-0.15, -0.1) is 0 Å². The van der Waals surface area contributed by atoms with Crippen molar-refractivity contribution in [3.63, 3.8) is 0 Å². The molecule has 3 N–H and O–H groups in total. The third kappa shape index (κ3) is 4.72. The summed E-state index contributed by atoms with van der Waals surface area (Å²) in [5.74, 6) is -1.79. The number of rotatable bonds is 6. The zero-order chi connectivity index (χ0) is 28.5. The second-order valence-corrected chi connectivity index (χ2v) is 7.87. The second kappa shape index (κ2) is 9.68. The van der Waals surface area contributed by atoms with E-state index in [9.17, 15) is 22.8 Å². The maximum absolute atomic E-state index is 13.5. The fourth-order valence-corrected chi connectivity index (χ4v) is 3.83. The Labute approximate surface area is 208 Å². The smallest absolute Gasteiger partial charge is 0.416 e. The van der Waals surface area contributed by atoms with Crippen LogP contribution in [0, 0.1) is 0 Å². The molecule has 0 saturated heterocycles. The van der Waals surface area contributed by atoms with Gasteiger partial charge in [-0.25, -0.2) is 4.98 Å². The predicted octanol–water partition coefficient (Wildman–Crippen LogP) is 4.50. The first kappa shape index (κ1) is 20.9. The molecule has 11 heteroatoms. The third-order valence-corrected chi connectivity index (χ3v) is 5.61. The van der Waals surface area contributed by atoms with Crippen LogP contribution < -0.4 is 15.4 Å². The maximum Gasteiger partial charge on any atom is 0.416 e. The SMILES string of the molecule is [2H]C([2H])([2H])Oc1ncc(-c2ccc3c(C(=O)NC)n[nH]c3c2)cc1C(=O)N[C@H](C)c1ccccc1C(F)(F)F. The number of aromatic amines is 1. The van der Waals surface area contributed by atoms with Crippen LogP contribution in [0.3, 0.4) is 0 Å². The van der Waals surface area contributed by atoms with Gasteiger partial charge in [-0.2, -0.15) is 18.3 Å². The topological polar surface area (TPSA) is 109 Å². The average Bonchev–Trinajstić information content (AvgIpc) is 3.30. The molecular formula is C25H22F3N5O3. The van der Waals surface area contributed by atoms with Crippen LogP contribution in [0.15, 0.2) is 54.7 Å². The molecule has 0 saturated carbocycles. The number of nitrogens with zero attached hydrogens (tertiary/aromatic N) is 2. The summed E-state index contributed by atoms with van der Waals surface area (Å²) in [6, 6.07) is 9.98. The van der Waals surface area contributed by atoms with Crippen molar-refractivity contribution in [2.75, 3.05) is 14.1 Å². The monoisotopic (exact) mass is 500 g/mol. The number of methoxy groups -OCH3 is 1. The molecule has 36 heavy (non-hydrogen) atoms. The fourth-order valence-electron chi connectivity index (χ4n) is 3.83. The van der Waals surface area contributed by atoms with Crippen molar-refractivity contribution in [2.45, 2.75) is 19.1 Å². The minimum absolute atomic E-state index is 0.169. The van der Waals surface area contributed by atoms with Gasteiger partial charge in [0, 0.05) is 24.2 Å². The molecule has 0 radical (unpaired) electrons. The van der Waals surface area contributed by atoms with E-state index in [4.69, 9.17) is 8.85 Å². The summed E-state index contributed by atoms with van der Waals surface area (Å²) in [5.41, 5.74) is 0.233. The Morgan fingerprint density at radius 3 is 2.61 bits per heavy atom. The highest BCUT2D eigenvalue weighted by atomic mass is 19.4. The van der Waals surface area contributed by atoms with E-state index in [0.29, 0.717) is 22.0 Å². The van der Waals surface area contributed by atoms with Crippen LogP contribution in [0.25, 0.3) is 22.0 Å². The molecule has 1 atom stereocenters. The van der Waals surface area contributed by atoms with Gasteiger partial charge >= 0.3 is 6.18 Å². The fraction of sp³-hybridized carbons (Fsp3) is 0.200. The van der Waals surface area contributed by atoms with Crippen molar-refractivity contribution < 1.29 is 31.6 Å². The van der Waals surface area contributed by atoms with E-state index in [2.05, 4.69) is 25.8 Å². The lowest BCUT2D eigenvalue weighted by Gasteiger charge is -2.20. The standard InChI is InChI=1S/C25H22F3N5O3/c1-13(16-6-4-5-7-19(16)25(26,27)28)31-22(34)18-10-15(12-30-24(18)36-3)14-8-9-17-20(11-14)32-33-21(17)23(35)29-2/h4-13H,1-3H3,(H,29,35)(H,31,34)(H,32,33)/t13-/m1/s1/i3D3. The number of H-pyrrole nitrogens is 1. The van der Waals surface area contributed by atoms with Gasteiger partial charge < -0.3 is 15.4 Å². The van der Waals surface area contributed by atoms with Gasteiger partial charge in [0.2, 0.25) is 5.88 Å². The van der Waals surface area contributed by atoms with Gasteiger partial charge in [-0.1, -0.05) is 24.3 Å². The quantitative estimate of drug-likeness (QED) is 0.361. The molecule has 2 heterocycles. The number of hydrogen-bond donors (Lipinski definition) is 3. The number of hydrogen-bond acceptors (Lipinski definition) is 5. The van der Waals surface area contributed by atoms with Crippen LogP contribution in [0.2, 0.25) is 0 Å². The molecule has 2 aromatic heterocycles. The number of pyridine rings is 1. The lowest BCUT2D eigenvalue weighted by Crippen LogP contribution is -2.29. The first-order valence-electron chi connectivity index (χ1n) is 12.1. The minimum Gasteiger partial charge on any atom is -0.480 e. The number of ether oxygens (including phenoxy) is 1. The third-order valence-electron chi connectivity index (χ3n) is 5.61.